The van der Waals surface area contributed by atoms with E-state index in [0.29, 0.717) is 30.6 Å². The Kier molecular flexibility index (Phi) is 9.35. The number of nitrogens with one attached hydrogen (secondary N) is 1. The van der Waals surface area contributed by atoms with Gasteiger partial charge in [0.05, 0.1) is 12.2 Å². The van der Waals surface area contributed by atoms with Gasteiger partial charge >= 0.3 is 0 Å². The molecule has 2 aliphatic rings. The van der Waals surface area contributed by atoms with Crippen LogP contribution in [0.15, 0.2) is 42.9 Å². The molecule has 1 aromatic carbocycles. The molecule has 9 heteroatoms. The number of methoxy groups -OCH3 is 1. The standard InChI is InChI=1S/C29H39N5O4/c1-36-15-13-34-20-24(25-6-2-3-7-26(25)34)17-30-16-22-9-11-33(12-10-22)29-31-18-23(19-32-29)27(35)21-38-28-8-4-5-14-37-28/h2-3,6-7,18-20,22,28,30H,4-5,8-17,21H2,1H3. The highest BCUT2D eigenvalue weighted by Crippen LogP contribution is 2.23. The van der Waals surface area contributed by atoms with Crippen LogP contribution in [0.4, 0.5) is 5.95 Å². The molecule has 3 aromatic rings. The summed E-state index contributed by atoms with van der Waals surface area (Å²) in [6.45, 7) is 5.94. The van der Waals surface area contributed by atoms with Crippen molar-refractivity contribution in [3.63, 3.8) is 0 Å². The predicted molar refractivity (Wildman–Crippen MR) is 146 cm³/mol. The Labute approximate surface area is 224 Å². The number of anilines is 1. The first kappa shape index (κ1) is 26.7. The van der Waals surface area contributed by atoms with E-state index in [-0.39, 0.29) is 18.7 Å². The van der Waals surface area contributed by atoms with Crippen molar-refractivity contribution in [2.75, 3.05) is 51.5 Å². The molecule has 0 bridgehead atoms. The van der Waals surface area contributed by atoms with Crippen molar-refractivity contribution in [2.24, 2.45) is 5.92 Å². The highest BCUT2D eigenvalue weighted by atomic mass is 16.7. The maximum absolute atomic E-state index is 12.5. The molecule has 0 spiro atoms. The lowest BCUT2D eigenvalue weighted by Gasteiger charge is -2.32. The van der Waals surface area contributed by atoms with Crippen LogP contribution in [0.3, 0.4) is 0 Å². The molecule has 4 heterocycles. The largest absolute Gasteiger partial charge is 0.383 e. The van der Waals surface area contributed by atoms with Gasteiger partial charge in [0.15, 0.2) is 12.1 Å². The van der Waals surface area contributed by atoms with Gasteiger partial charge in [0.1, 0.15) is 6.61 Å². The Morgan fingerprint density at radius 3 is 2.71 bits per heavy atom. The highest BCUT2D eigenvalue weighted by molar-refractivity contribution is 5.96. The molecule has 2 fully saturated rings. The van der Waals surface area contributed by atoms with Crippen molar-refractivity contribution >= 4 is 22.6 Å². The smallest absolute Gasteiger partial charge is 0.225 e. The van der Waals surface area contributed by atoms with E-state index in [0.717, 1.165) is 64.8 Å². The van der Waals surface area contributed by atoms with E-state index in [1.807, 2.05) is 0 Å². The van der Waals surface area contributed by atoms with Crippen molar-refractivity contribution in [1.29, 1.82) is 0 Å². The molecule has 0 radical (unpaired) electrons. The number of ketones is 1. The third-order valence-corrected chi connectivity index (χ3v) is 7.55. The topological polar surface area (TPSA) is 90.7 Å². The van der Waals surface area contributed by atoms with Crippen molar-refractivity contribution in [3.05, 3.63) is 54.0 Å². The lowest BCUT2D eigenvalue weighted by molar-refractivity contribution is -0.155. The maximum Gasteiger partial charge on any atom is 0.225 e. The van der Waals surface area contributed by atoms with E-state index in [1.54, 1.807) is 19.5 Å². The second kappa shape index (κ2) is 13.3. The molecule has 0 aliphatic carbocycles. The second-order valence-electron chi connectivity index (χ2n) is 10.2. The summed E-state index contributed by atoms with van der Waals surface area (Å²) in [6.07, 6.45) is 10.4. The van der Waals surface area contributed by atoms with Crippen LogP contribution in [-0.4, -0.2) is 73.2 Å². The number of ether oxygens (including phenoxy) is 3. The van der Waals surface area contributed by atoms with E-state index in [4.69, 9.17) is 14.2 Å². The van der Waals surface area contributed by atoms with E-state index in [1.165, 1.54) is 16.5 Å². The Hall–Kier alpha value is -2.85. The number of rotatable bonds is 12. The number of carbonyl (C=O) groups is 1. The highest BCUT2D eigenvalue weighted by Gasteiger charge is 2.22. The molecule has 5 rings (SSSR count). The molecule has 2 aliphatic heterocycles. The van der Waals surface area contributed by atoms with E-state index in [2.05, 4.69) is 55.2 Å². The first-order valence-corrected chi connectivity index (χ1v) is 13.8. The number of hydrogen-bond donors (Lipinski definition) is 1. The molecule has 38 heavy (non-hydrogen) atoms. The lowest BCUT2D eigenvalue weighted by Crippen LogP contribution is -2.38. The van der Waals surface area contributed by atoms with Crippen molar-refractivity contribution < 1.29 is 19.0 Å². The van der Waals surface area contributed by atoms with Crippen molar-refractivity contribution in [2.45, 2.75) is 51.5 Å². The number of benzene rings is 1. The van der Waals surface area contributed by atoms with Crippen LogP contribution in [-0.2, 0) is 27.3 Å². The number of carbonyl (C=O) groups excluding carboxylic acids is 1. The summed E-state index contributed by atoms with van der Waals surface area (Å²) >= 11 is 0. The number of Topliss-reactive ketones (excluding diaryl/α,β-unsaturated/α-hetero) is 1. The molecule has 0 amide bonds. The van der Waals surface area contributed by atoms with Crippen LogP contribution in [0.25, 0.3) is 10.9 Å². The maximum atomic E-state index is 12.5. The van der Waals surface area contributed by atoms with Gasteiger partial charge in [0.25, 0.3) is 0 Å². The van der Waals surface area contributed by atoms with Crippen LogP contribution in [0, 0.1) is 5.92 Å². The Bertz CT molecular complexity index is 1170. The molecular formula is C29H39N5O4. The van der Waals surface area contributed by atoms with Crippen LogP contribution in [0.2, 0.25) is 0 Å². The Balaban J connectivity index is 1.06. The molecule has 2 saturated heterocycles. The Morgan fingerprint density at radius 2 is 1.95 bits per heavy atom. The summed E-state index contributed by atoms with van der Waals surface area (Å²) in [4.78, 5) is 23.6. The number of nitrogens with zero attached hydrogens (tertiary/aromatic N) is 4. The summed E-state index contributed by atoms with van der Waals surface area (Å²) in [5, 5.41) is 4.99. The predicted octanol–water partition coefficient (Wildman–Crippen LogP) is 3.81. The SMILES string of the molecule is COCCn1cc(CNCC2CCN(c3ncc(C(=O)COC4CCCCO4)cn3)CC2)c2ccccc21. The zero-order chi connectivity index (χ0) is 26.2. The van der Waals surface area contributed by atoms with Gasteiger partial charge in [-0.2, -0.15) is 0 Å². The molecule has 1 atom stereocenters. The zero-order valence-corrected chi connectivity index (χ0v) is 22.3. The van der Waals surface area contributed by atoms with Gasteiger partial charge in [-0.15, -0.1) is 0 Å². The second-order valence-corrected chi connectivity index (χ2v) is 10.2. The zero-order valence-electron chi connectivity index (χ0n) is 22.3. The van der Waals surface area contributed by atoms with Gasteiger partial charge in [-0.1, -0.05) is 18.2 Å². The fourth-order valence-corrected chi connectivity index (χ4v) is 5.31. The van der Waals surface area contributed by atoms with E-state index >= 15 is 0 Å². The number of fused-ring (bicyclic) bond motifs is 1. The minimum atomic E-state index is -0.273. The molecule has 1 unspecified atom stereocenters. The van der Waals surface area contributed by atoms with Gasteiger partial charge in [0.2, 0.25) is 5.95 Å². The summed E-state index contributed by atoms with van der Waals surface area (Å²) < 4.78 is 18.7. The molecule has 2 aromatic heterocycles. The monoisotopic (exact) mass is 521 g/mol. The van der Waals surface area contributed by atoms with Crippen molar-refractivity contribution in [3.8, 4) is 0 Å². The summed E-state index contributed by atoms with van der Waals surface area (Å²) in [5.41, 5.74) is 3.06. The average molecular weight is 522 g/mol. The normalized spacial score (nSPS) is 18.8. The minimum absolute atomic E-state index is 0.000553. The van der Waals surface area contributed by atoms with Gasteiger partial charge in [0, 0.05) is 69.4 Å². The van der Waals surface area contributed by atoms with Crippen LogP contribution >= 0.6 is 0 Å². The third kappa shape index (κ3) is 6.77. The third-order valence-electron chi connectivity index (χ3n) is 7.55. The first-order chi connectivity index (χ1) is 18.7. The van der Waals surface area contributed by atoms with Crippen LogP contribution < -0.4 is 10.2 Å². The lowest BCUT2D eigenvalue weighted by atomic mass is 9.97. The summed E-state index contributed by atoms with van der Waals surface area (Å²) in [5.74, 6) is 1.19. The number of aromatic nitrogens is 3. The molecule has 9 nitrogen and oxygen atoms in total. The number of hydrogen-bond acceptors (Lipinski definition) is 8. The number of para-hydroxylation sites is 1. The van der Waals surface area contributed by atoms with Gasteiger partial charge in [-0.25, -0.2) is 9.97 Å². The van der Waals surface area contributed by atoms with Crippen LogP contribution in [0.1, 0.15) is 48.0 Å². The average Bonchev–Trinajstić information content (AvgIpc) is 3.33. The van der Waals surface area contributed by atoms with Crippen LogP contribution in [0.5, 0.6) is 0 Å². The van der Waals surface area contributed by atoms with Gasteiger partial charge in [-0.3, -0.25) is 4.79 Å². The van der Waals surface area contributed by atoms with Crippen molar-refractivity contribution in [1.82, 2.24) is 19.9 Å². The fraction of sp³-hybridized carbons (Fsp3) is 0.552. The Morgan fingerprint density at radius 1 is 1.13 bits per heavy atom. The quantitative estimate of drug-likeness (QED) is 0.360. The fourth-order valence-electron chi connectivity index (χ4n) is 5.31. The first-order valence-electron chi connectivity index (χ1n) is 13.8. The van der Waals surface area contributed by atoms with Gasteiger partial charge in [-0.05, 0) is 56.2 Å². The molecule has 0 saturated carbocycles. The van der Waals surface area contributed by atoms with Gasteiger partial charge < -0.3 is 29.0 Å². The molecular weight excluding hydrogens is 482 g/mol. The number of piperidine rings is 1. The van der Waals surface area contributed by atoms with E-state index < -0.39 is 0 Å². The molecule has 204 valence electrons. The van der Waals surface area contributed by atoms with E-state index in [9.17, 15) is 4.79 Å². The summed E-state index contributed by atoms with van der Waals surface area (Å²) in [7, 11) is 1.74. The minimum Gasteiger partial charge on any atom is -0.383 e. The summed E-state index contributed by atoms with van der Waals surface area (Å²) in [6, 6.07) is 8.57. The molecule has 1 N–H and O–H groups in total.